The molecule has 0 radical (unpaired) electrons. The summed E-state index contributed by atoms with van der Waals surface area (Å²) >= 11 is 3.50. The van der Waals surface area contributed by atoms with Crippen LogP contribution in [0.25, 0.3) is 0 Å². The first-order valence-electron chi connectivity index (χ1n) is 5.08. The van der Waals surface area contributed by atoms with Crippen LogP contribution in [-0.4, -0.2) is 6.04 Å². The Bertz CT molecular complexity index is 297. The first kappa shape index (κ1) is 11.6. The molecule has 0 fully saturated rings. The molecule has 1 aromatic carbocycles. The number of halogens is 1. The molecule has 0 heterocycles. The number of hydrogen-bond donors (Lipinski definition) is 1. The minimum Gasteiger partial charge on any atom is -0.382 e. The van der Waals surface area contributed by atoms with Crippen molar-refractivity contribution in [2.45, 2.75) is 40.2 Å². The minimum atomic E-state index is 0.536. The van der Waals surface area contributed by atoms with E-state index in [1.54, 1.807) is 0 Å². The molecule has 1 atom stereocenters. The summed E-state index contributed by atoms with van der Waals surface area (Å²) < 4.78 is 1.15. The average Bonchev–Trinajstić information content (AvgIpc) is 2.10. The summed E-state index contributed by atoms with van der Waals surface area (Å²) in [5.74, 6) is 0. The van der Waals surface area contributed by atoms with Crippen molar-refractivity contribution in [1.29, 1.82) is 0 Å². The molecule has 0 spiro atoms. The molecule has 2 heteroatoms. The van der Waals surface area contributed by atoms with E-state index in [1.165, 1.54) is 16.8 Å². The van der Waals surface area contributed by atoms with Gasteiger partial charge in [0.25, 0.3) is 0 Å². The summed E-state index contributed by atoms with van der Waals surface area (Å²) in [6, 6.07) is 4.84. The molecular formula is C12H18BrN. The van der Waals surface area contributed by atoms with Crippen molar-refractivity contribution in [3.05, 3.63) is 27.7 Å². The zero-order valence-electron chi connectivity index (χ0n) is 9.32. The van der Waals surface area contributed by atoms with E-state index in [1.807, 2.05) is 0 Å². The smallest absolute Gasteiger partial charge is 0.0402 e. The van der Waals surface area contributed by atoms with Crippen LogP contribution >= 0.6 is 15.9 Å². The standard InChI is InChI=1S/C12H18BrN/c1-5-10(4)14-12-8(2)6-11(13)7-9(12)3/h6-7,10,14H,5H2,1-4H3. The van der Waals surface area contributed by atoms with Crippen LogP contribution in [-0.2, 0) is 0 Å². The highest BCUT2D eigenvalue weighted by atomic mass is 79.9. The average molecular weight is 256 g/mol. The van der Waals surface area contributed by atoms with Crippen LogP contribution in [0.3, 0.4) is 0 Å². The number of hydrogen-bond acceptors (Lipinski definition) is 1. The maximum atomic E-state index is 3.53. The van der Waals surface area contributed by atoms with Crippen LogP contribution in [0.15, 0.2) is 16.6 Å². The molecule has 0 aliphatic heterocycles. The number of aryl methyl sites for hydroxylation is 2. The summed E-state index contributed by atoms with van der Waals surface area (Å²) in [5.41, 5.74) is 3.89. The molecule has 1 unspecified atom stereocenters. The number of anilines is 1. The molecule has 1 aromatic rings. The molecule has 78 valence electrons. The van der Waals surface area contributed by atoms with E-state index >= 15 is 0 Å². The Morgan fingerprint density at radius 3 is 2.21 bits per heavy atom. The summed E-state index contributed by atoms with van der Waals surface area (Å²) in [5, 5.41) is 3.53. The van der Waals surface area contributed by atoms with E-state index in [2.05, 4.69) is 61.1 Å². The molecule has 14 heavy (non-hydrogen) atoms. The van der Waals surface area contributed by atoms with Crippen molar-refractivity contribution in [3.8, 4) is 0 Å². The molecule has 0 aliphatic rings. The molecule has 0 aromatic heterocycles. The largest absolute Gasteiger partial charge is 0.382 e. The highest BCUT2D eigenvalue weighted by molar-refractivity contribution is 9.10. The van der Waals surface area contributed by atoms with Crippen molar-refractivity contribution in [2.24, 2.45) is 0 Å². The molecule has 1 N–H and O–H groups in total. The quantitative estimate of drug-likeness (QED) is 0.851. The second kappa shape index (κ2) is 4.83. The van der Waals surface area contributed by atoms with Crippen molar-refractivity contribution >= 4 is 21.6 Å². The maximum absolute atomic E-state index is 3.53. The minimum absolute atomic E-state index is 0.536. The fraction of sp³-hybridized carbons (Fsp3) is 0.500. The van der Waals surface area contributed by atoms with Crippen LogP contribution in [0.2, 0.25) is 0 Å². The summed E-state index contributed by atoms with van der Waals surface area (Å²) in [4.78, 5) is 0. The molecule has 0 saturated carbocycles. The second-order valence-electron chi connectivity index (χ2n) is 3.87. The van der Waals surface area contributed by atoms with Gasteiger partial charge in [0.15, 0.2) is 0 Å². The molecular weight excluding hydrogens is 238 g/mol. The maximum Gasteiger partial charge on any atom is 0.0402 e. The van der Waals surface area contributed by atoms with Crippen molar-refractivity contribution in [2.75, 3.05) is 5.32 Å². The van der Waals surface area contributed by atoms with Gasteiger partial charge in [0.05, 0.1) is 0 Å². The molecule has 0 amide bonds. The van der Waals surface area contributed by atoms with Crippen LogP contribution in [0.1, 0.15) is 31.4 Å². The summed E-state index contributed by atoms with van der Waals surface area (Å²) in [6.07, 6.45) is 1.15. The fourth-order valence-corrected chi connectivity index (χ4v) is 2.17. The fourth-order valence-electron chi connectivity index (χ4n) is 1.49. The van der Waals surface area contributed by atoms with Crippen LogP contribution in [0.5, 0.6) is 0 Å². The van der Waals surface area contributed by atoms with E-state index in [9.17, 15) is 0 Å². The lowest BCUT2D eigenvalue weighted by molar-refractivity contribution is 0.762. The van der Waals surface area contributed by atoms with Gasteiger partial charge in [-0.15, -0.1) is 0 Å². The zero-order valence-corrected chi connectivity index (χ0v) is 10.9. The predicted molar refractivity (Wildman–Crippen MR) is 67.0 cm³/mol. The normalized spacial score (nSPS) is 12.6. The summed E-state index contributed by atoms with van der Waals surface area (Å²) in [6.45, 7) is 8.69. The third-order valence-corrected chi connectivity index (χ3v) is 2.96. The topological polar surface area (TPSA) is 12.0 Å². The van der Waals surface area contributed by atoms with Crippen molar-refractivity contribution in [3.63, 3.8) is 0 Å². The number of nitrogens with one attached hydrogen (secondary N) is 1. The lowest BCUT2D eigenvalue weighted by Crippen LogP contribution is -2.15. The Balaban J connectivity index is 2.96. The Labute approximate surface area is 95.0 Å². The van der Waals surface area contributed by atoms with E-state index < -0.39 is 0 Å². The third kappa shape index (κ3) is 2.74. The van der Waals surface area contributed by atoms with Gasteiger partial charge in [-0.05, 0) is 50.5 Å². The highest BCUT2D eigenvalue weighted by Gasteiger charge is 2.06. The Kier molecular flexibility index (Phi) is 3.99. The van der Waals surface area contributed by atoms with E-state index in [0.29, 0.717) is 6.04 Å². The van der Waals surface area contributed by atoms with Crippen LogP contribution in [0, 0.1) is 13.8 Å². The Morgan fingerprint density at radius 1 is 1.29 bits per heavy atom. The van der Waals surface area contributed by atoms with Crippen molar-refractivity contribution in [1.82, 2.24) is 0 Å². The third-order valence-electron chi connectivity index (χ3n) is 2.50. The van der Waals surface area contributed by atoms with Gasteiger partial charge in [-0.25, -0.2) is 0 Å². The molecule has 0 aliphatic carbocycles. The number of benzene rings is 1. The SMILES string of the molecule is CCC(C)Nc1c(C)cc(Br)cc1C. The van der Waals surface area contributed by atoms with Gasteiger partial charge in [0.1, 0.15) is 0 Å². The van der Waals surface area contributed by atoms with Gasteiger partial charge in [0, 0.05) is 16.2 Å². The van der Waals surface area contributed by atoms with Gasteiger partial charge < -0.3 is 5.32 Å². The van der Waals surface area contributed by atoms with Gasteiger partial charge in [-0.2, -0.15) is 0 Å². The predicted octanol–water partition coefficient (Wildman–Crippen LogP) is 4.28. The monoisotopic (exact) mass is 255 g/mol. The van der Waals surface area contributed by atoms with Gasteiger partial charge in [-0.1, -0.05) is 22.9 Å². The Hall–Kier alpha value is -0.500. The van der Waals surface area contributed by atoms with Crippen LogP contribution < -0.4 is 5.32 Å². The van der Waals surface area contributed by atoms with Gasteiger partial charge >= 0.3 is 0 Å². The van der Waals surface area contributed by atoms with E-state index in [-0.39, 0.29) is 0 Å². The first-order valence-corrected chi connectivity index (χ1v) is 5.87. The molecule has 1 rings (SSSR count). The molecule has 0 saturated heterocycles. The first-order chi connectivity index (χ1) is 6.54. The summed E-state index contributed by atoms with van der Waals surface area (Å²) in [7, 11) is 0. The van der Waals surface area contributed by atoms with Crippen LogP contribution in [0.4, 0.5) is 5.69 Å². The molecule has 0 bridgehead atoms. The van der Waals surface area contributed by atoms with E-state index in [4.69, 9.17) is 0 Å². The number of rotatable bonds is 3. The lowest BCUT2D eigenvalue weighted by atomic mass is 10.1. The second-order valence-corrected chi connectivity index (χ2v) is 4.78. The molecule has 1 nitrogen and oxygen atoms in total. The lowest BCUT2D eigenvalue weighted by Gasteiger charge is -2.18. The highest BCUT2D eigenvalue weighted by Crippen LogP contribution is 2.25. The Morgan fingerprint density at radius 2 is 1.79 bits per heavy atom. The van der Waals surface area contributed by atoms with Crippen molar-refractivity contribution < 1.29 is 0 Å². The van der Waals surface area contributed by atoms with Gasteiger partial charge in [-0.3, -0.25) is 0 Å². The van der Waals surface area contributed by atoms with E-state index in [0.717, 1.165) is 10.9 Å². The zero-order chi connectivity index (χ0) is 10.7. The van der Waals surface area contributed by atoms with Gasteiger partial charge in [0.2, 0.25) is 0 Å².